The number of azide groups is 1. The monoisotopic (exact) mass is 186 g/mol. The minimum Gasteiger partial charge on any atom is -0.361 e. The van der Waals surface area contributed by atoms with Gasteiger partial charge in [-0.15, -0.1) is 0 Å². The highest BCUT2D eigenvalue weighted by atomic mass is 16.1. The van der Waals surface area contributed by atoms with E-state index in [0.717, 1.165) is 10.9 Å². The van der Waals surface area contributed by atoms with Crippen molar-refractivity contribution < 1.29 is 4.79 Å². The van der Waals surface area contributed by atoms with Crippen molar-refractivity contribution in [3.8, 4) is 0 Å². The number of amides is 1. The summed E-state index contributed by atoms with van der Waals surface area (Å²) >= 11 is 0. The van der Waals surface area contributed by atoms with Crippen molar-refractivity contribution in [1.82, 2.24) is 4.98 Å². The normalized spacial score (nSPS) is 9.71. The molecule has 0 atom stereocenters. The summed E-state index contributed by atoms with van der Waals surface area (Å²) in [5.74, 6) is -0.566. The van der Waals surface area contributed by atoms with E-state index in [-0.39, 0.29) is 0 Å². The maximum Gasteiger partial charge on any atom is 0.249 e. The van der Waals surface area contributed by atoms with Crippen LogP contribution in [0.15, 0.2) is 35.6 Å². The molecular formula is C9H6N4O. The van der Waals surface area contributed by atoms with E-state index < -0.39 is 5.91 Å². The molecule has 0 spiro atoms. The Bertz CT molecular complexity index is 536. The van der Waals surface area contributed by atoms with Gasteiger partial charge < -0.3 is 4.98 Å². The number of nitrogens with zero attached hydrogens (tertiary/aromatic N) is 3. The zero-order valence-electron chi connectivity index (χ0n) is 7.14. The summed E-state index contributed by atoms with van der Waals surface area (Å²) in [5, 5.41) is 4.03. The van der Waals surface area contributed by atoms with E-state index in [4.69, 9.17) is 5.53 Å². The number of carbonyl (C=O) groups is 1. The van der Waals surface area contributed by atoms with Gasteiger partial charge in [-0.1, -0.05) is 12.1 Å². The van der Waals surface area contributed by atoms with E-state index in [1.165, 1.54) is 0 Å². The number of aromatic amines is 1. The zero-order chi connectivity index (χ0) is 9.97. The predicted molar refractivity (Wildman–Crippen MR) is 51.8 cm³/mol. The molecule has 0 saturated heterocycles. The number of hydrogen-bond acceptors (Lipinski definition) is 1. The van der Waals surface area contributed by atoms with Crippen molar-refractivity contribution >= 4 is 16.8 Å². The van der Waals surface area contributed by atoms with Gasteiger partial charge in [-0.25, -0.2) is 0 Å². The number of aromatic nitrogens is 1. The fourth-order valence-corrected chi connectivity index (χ4v) is 1.28. The van der Waals surface area contributed by atoms with Gasteiger partial charge in [0.25, 0.3) is 0 Å². The van der Waals surface area contributed by atoms with Crippen molar-refractivity contribution in [3.05, 3.63) is 46.5 Å². The first-order valence-corrected chi connectivity index (χ1v) is 3.98. The van der Waals surface area contributed by atoms with Gasteiger partial charge in [0.15, 0.2) is 0 Å². The molecular weight excluding hydrogens is 180 g/mol. The Morgan fingerprint density at radius 3 is 3.07 bits per heavy atom. The summed E-state index contributed by atoms with van der Waals surface area (Å²) in [5.41, 5.74) is 9.34. The molecule has 5 nitrogen and oxygen atoms in total. The van der Waals surface area contributed by atoms with Gasteiger partial charge in [0.1, 0.15) is 0 Å². The number of H-pyrrole nitrogens is 1. The van der Waals surface area contributed by atoms with Gasteiger partial charge in [0.2, 0.25) is 5.91 Å². The fourth-order valence-electron chi connectivity index (χ4n) is 1.28. The minimum absolute atomic E-state index is 0.387. The Hall–Kier alpha value is -2.26. The van der Waals surface area contributed by atoms with Gasteiger partial charge in [0.05, 0.1) is 0 Å². The molecule has 0 fully saturated rings. The van der Waals surface area contributed by atoms with Crippen LogP contribution in [0.5, 0.6) is 0 Å². The molecule has 0 saturated carbocycles. The van der Waals surface area contributed by atoms with Crippen LogP contribution in [0.4, 0.5) is 0 Å². The van der Waals surface area contributed by atoms with Crippen LogP contribution < -0.4 is 0 Å². The molecule has 0 aliphatic heterocycles. The first kappa shape index (κ1) is 8.34. The maximum absolute atomic E-state index is 11.2. The lowest BCUT2D eigenvalue weighted by molar-refractivity contribution is 0.100. The fraction of sp³-hybridized carbons (Fsp3) is 0. The molecule has 1 aromatic heterocycles. The Morgan fingerprint density at radius 2 is 2.29 bits per heavy atom. The van der Waals surface area contributed by atoms with E-state index in [9.17, 15) is 4.79 Å². The highest BCUT2D eigenvalue weighted by Gasteiger charge is 2.03. The Labute approximate surface area is 79.0 Å². The van der Waals surface area contributed by atoms with E-state index >= 15 is 0 Å². The minimum atomic E-state index is -0.566. The molecule has 0 bridgehead atoms. The van der Waals surface area contributed by atoms with Crippen LogP contribution in [-0.4, -0.2) is 10.9 Å². The number of fused-ring (bicyclic) bond motifs is 1. The number of benzene rings is 1. The molecule has 1 amide bonds. The summed E-state index contributed by atoms with van der Waals surface area (Å²) in [6, 6.07) is 6.99. The molecule has 5 heteroatoms. The lowest BCUT2D eigenvalue weighted by Gasteiger charge is -1.94. The van der Waals surface area contributed by atoms with Crippen LogP contribution in [0.1, 0.15) is 10.4 Å². The third-order valence-electron chi connectivity index (χ3n) is 1.94. The molecule has 1 aromatic carbocycles. The van der Waals surface area contributed by atoms with Crippen molar-refractivity contribution in [3.63, 3.8) is 0 Å². The Balaban J connectivity index is 2.53. The first-order chi connectivity index (χ1) is 6.81. The molecule has 2 rings (SSSR count). The van der Waals surface area contributed by atoms with E-state index in [2.05, 4.69) is 15.0 Å². The SMILES string of the molecule is [N-]=[N+]=NC(=O)c1ccc2cc[nH]c2c1. The van der Waals surface area contributed by atoms with Crippen molar-refractivity contribution in [2.75, 3.05) is 0 Å². The van der Waals surface area contributed by atoms with Gasteiger partial charge in [-0.2, -0.15) is 0 Å². The highest BCUT2D eigenvalue weighted by molar-refractivity contribution is 5.98. The highest BCUT2D eigenvalue weighted by Crippen LogP contribution is 2.14. The number of rotatable bonds is 1. The second-order valence-electron chi connectivity index (χ2n) is 2.77. The Kier molecular flexibility index (Phi) is 1.93. The van der Waals surface area contributed by atoms with Crippen LogP contribution in [0, 0.1) is 0 Å². The predicted octanol–water partition coefficient (Wildman–Crippen LogP) is 2.62. The van der Waals surface area contributed by atoms with Crippen molar-refractivity contribution in [2.24, 2.45) is 5.11 Å². The average molecular weight is 186 g/mol. The molecule has 1 N–H and O–H groups in total. The molecule has 0 radical (unpaired) electrons. The summed E-state index contributed by atoms with van der Waals surface area (Å²) < 4.78 is 0. The summed E-state index contributed by atoms with van der Waals surface area (Å²) in [7, 11) is 0. The lowest BCUT2D eigenvalue weighted by Crippen LogP contribution is -1.92. The number of nitrogens with one attached hydrogen (secondary N) is 1. The second-order valence-corrected chi connectivity index (χ2v) is 2.77. The topological polar surface area (TPSA) is 81.6 Å². The zero-order valence-corrected chi connectivity index (χ0v) is 7.14. The van der Waals surface area contributed by atoms with Gasteiger partial charge >= 0.3 is 0 Å². The second kappa shape index (κ2) is 3.24. The largest absolute Gasteiger partial charge is 0.361 e. The lowest BCUT2D eigenvalue weighted by atomic mass is 10.1. The van der Waals surface area contributed by atoms with Crippen LogP contribution >= 0.6 is 0 Å². The van der Waals surface area contributed by atoms with Crippen molar-refractivity contribution in [2.45, 2.75) is 0 Å². The molecule has 1 heterocycles. The molecule has 2 aromatic rings. The standard InChI is InChI=1S/C9H6N4O/c10-13-12-9(14)7-2-1-6-3-4-11-8(6)5-7/h1-5,11H. The quantitative estimate of drug-likeness (QED) is 0.414. The van der Waals surface area contributed by atoms with E-state index in [0.29, 0.717) is 5.56 Å². The van der Waals surface area contributed by atoms with Crippen molar-refractivity contribution in [1.29, 1.82) is 0 Å². The number of carbonyl (C=O) groups excluding carboxylic acids is 1. The molecule has 14 heavy (non-hydrogen) atoms. The molecule has 0 unspecified atom stereocenters. The average Bonchev–Trinajstić information content (AvgIpc) is 2.64. The molecule has 0 aliphatic rings. The third-order valence-corrected chi connectivity index (χ3v) is 1.94. The third kappa shape index (κ3) is 1.32. The summed E-state index contributed by atoms with van der Waals surface area (Å²) in [4.78, 5) is 16.6. The maximum atomic E-state index is 11.2. The number of hydrogen-bond donors (Lipinski definition) is 1. The van der Waals surface area contributed by atoms with Crippen LogP contribution in [0.2, 0.25) is 0 Å². The van der Waals surface area contributed by atoms with Crippen LogP contribution in [0.25, 0.3) is 21.3 Å². The molecule has 68 valence electrons. The van der Waals surface area contributed by atoms with Gasteiger partial charge in [0, 0.05) is 22.2 Å². The molecule has 0 aliphatic carbocycles. The Morgan fingerprint density at radius 1 is 1.43 bits per heavy atom. The van der Waals surface area contributed by atoms with Crippen LogP contribution in [-0.2, 0) is 0 Å². The first-order valence-electron chi connectivity index (χ1n) is 3.98. The van der Waals surface area contributed by atoms with Crippen LogP contribution in [0.3, 0.4) is 0 Å². The summed E-state index contributed by atoms with van der Waals surface area (Å²) in [6.07, 6.45) is 1.78. The smallest absolute Gasteiger partial charge is 0.249 e. The summed E-state index contributed by atoms with van der Waals surface area (Å²) in [6.45, 7) is 0. The van der Waals surface area contributed by atoms with E-state index in [1.54, 1.807) is 24.4 Å². The van der Waals surface area contributed by atoms with Gasteiger partial charge in [-0.3, -0.25) is 4.79 Å². The van der Waals surface area contributed by atoms with Gasteiger partial charge in [-0.05, 0) is 28.2 Å². The van der Waals surface area contributed by atoms with E-state index in [1.807, 2.05) is 6.07 Å².